The third kappa shape index (κ3) is 2.40. The van der Waals surface area contributed by atoms with Crippen LogP contribution in [0.5, 0.6) is 5.88 Å². The summed E-state index contributed by atoms with van der Waals surface area (Å²) in [7, 11) is 0. The number of benzene rings is 2. The quantitative estimate of drug-likeness (QED) is 0.743. The second-order valence-corrected chi connectivity index (χ2v) is 6.63. The van der Waals surface area contributed by atoms with Gasteiger partial charge in [-0.15, -0.1) is 0 Å². The van der Waals surface area contributed by atoms with Gasteiger partial charge in [0, 0.05) is 5.22 Å². The Kier molecular flexibility index (Phi) is 3.55. The van der Waals surface area contributed by atoms with E-state index < -0.39 is 22.5 Å². The third-order valence-electron chi connectivity index (χ3n) is 3.78. The van der Waals surface area contributed by atoms with Gasteiger partial charge in [0.15, 0.2) is 0 Å². The zero-order valence-corrected chi connectivity index (χ0v) is 13.9. The molecule has 25 heavy (non-hydrogen) atoms. The van der Waals surface area contributed by atoms with E-state index in [4.69, 9.17) is 11.6 Å². The van der Waals surface area contributed by atoms with Gasteiger partial charge in [0.25, 0.3) is 5.91 Å². The predicted molar refractivity (Wildman–Crippen MR) is 91.3 cm³/mol. The van der Waals surface area contributed by atoms with E-state index in [-0.39, 0.29) is 21.2 Å². The van der Waals surface area contributed by atoms with Crippen LogP contribution >= 0.6 is 22.9 Å². The number of fused-ring (bicyclic) bond motifs is 1. The van der Waals surface area contributed by atoms with Gasteiger partial charge in [-0.2, -0.15) is 0 Å². The van der Waals surface area contributed by atoms with Crippen molar-refractivity contribution in [2.45, 2.75) is 0 Å². The summed E-state index contributed by atoms with van der Waals surface area (Å²) in [6.45, 7) is 0. The second-order valence-electron chi connectivity index (χ2n) is 5.26. The summed E-state index contributed by atoms with van der Waals surface area (Å²) in [6.07, 6.45) is 0. The Labute approximate surface area is 148 Å². The molecule has 0 fully saturated rings. The highest BCUT2D eigenvalue weighted by Crippen LogP contribution is 2.31. The highest BCUT2D eigenvalue weighted by molar-refractivity contribution is 7.11. The molecule has 124 valence electrons. The third-order valence-corrected chi connectivity index (χ3v) is 5.02. The van der Waals surface area contributed by atoms with Crippen LogP contribution in [0, 0.1) is 5.82 Å². The van der Waals surface area contributed by atoms with Crippen molar-refractivity contribution in [1.82, 2.24) is 4.57 Å². The minimum absolute atomic E-state index is 0.115. The fraction of sp³-hybridized carbons (Fsp3) is 0. The minimum Gasteiger partial charge on any atom is -0.493 e. The van der Waals surface area contributed by atoms with Crippen molar-refractivity contribution in [1.29, 1.82) is 0 Å². The number of amides is 1. The van der Waals surface area contributed by atoms with Gasteiger partial charge < -0.3 is 5.11 Å². The molecular weight excluding hydrogens is 367 g/mol. The number of rotatable bonds is 2. The maximum absolute atomic E-state index is 13.3. The molecule has 1 N–H and O–H groups in total. The lowest BCUT2D eigenvalue weighted by atomic mass is 10.1. The van der Waals surface area contributed by atoms with Crippen molar-refractivity contribution in [3.63, 3.8) is 0 Å². The Balaban J connectivity index is 1.99. The predicted octanol–water partition coefficient (Wildman–Crippen LogP) is 1.76. The van der Waals surface area contributed by atoms with Crippen LogP contribution in [-0.2, 0) is 4.79 Å². The van der Waals surface area contributed by atoms with Gasteiger partial charge in [-0.05, 0) is 24.3 Å². The fourth-order valence-electron chi connectivity index (χ4n) is 2.66. The zero-order valence-electron chi connectivity index (χ0n) is 12.4. The van der Waals surface area contributed by atoms with E-state index in [1.165, 1.54) is 12.1 Å². The average Bonchev–Trinajstić information content (AvgIpc) is 3.05. The summed E-state index contributed by atoms with van der Waals surface area (Å²) in [5.41, 5.74) is 0.370. The van der Waals surface area contributed by atoms with Crippen LogP contribution in [0.1, 0.15) is 4.88 Å². The van der Waals surface area contributed by atoms with Gasteiger partial charge in [-0.25, -0.2) is 13.9 Å². The molecule has 2 heterocycles. The first-order valence-electron chi connectivity index (χ1n) is 7.10. The lowest BCUT2D eigenvalue weighted by Gasteiger charge is -2.05. The molecule has 5 nitrogen and oxygen atoms in total. The molecule has 4 rings (SSSR count). The molecule has 8 heteroatoms. The summed E-state index contributed by atoms with van der Waals surface area (Å²) < 4.78 is 14.3. The number of para-hydroxylation sites is 1. The monoisotopic (exact) mass is 374 g/mol. The topological polar surface area (TPSA) is 71.7 Å². The molecule has 0 atom stereocenters. The maximum Gasteiger partial charge on any atom is 0.315 e. The van der Waals surface area contributed by atoms with Gasteiger partial charge in [0.05, 0.1) is 21.6 Å². The smallest absolute Gasteiger partial charge is 0.315 e. The van der Waals surface area contributed by atoms with Gasteiger partial charge >= 0.3 is 4.87 Å². The molecule has 3 aromatic rings. The standard InChI is InChI=1S/C17H8ClFN2O3S/c18-10-7-8(5-6-11(10)19)21-16(23)14(25-17(21)24)13-9-3-1-2-4-12(9)20-15(13)22/h1-7,23H. The minimum atomic E-state index is -0.638. The van der Waals surface area contributed by atoms with Crippen LogP contribution in [0.2, 0.25) is 5.02 Å². The molecule has 0 aliphatic carbocycles. The summed E-state index contributed by atoms with van der Waals surface area (Å²) >= 11 is 6.46. The van der Waals surface area contributed by atoms with E-state index in [0.29, 0.717) is 21.9 Å². The van der Waals surface area contributed by atoms with Crippen molar-refractivity contribution in [3.05, 3.63) is 78.4 Å². The van der Waals surface area contributed by atoms with Crippen molar-refractivity contribution >= 4 is 34.4 Å². The van der Waals surface area contributed by atoms with Crippen LogP contribution in [0.25, 0.3) is 11.3 Å². The number of nitrogens with zero attached hydrogens (tertiary/aromatic N) is 2. The van der Waals surface area contributed by atoms with E-state index in [2.05, 4.69) is 4.99 Å². The number of carbonyl (C=O) groups is 1. The summed E-state index contributed by atoms with van der Waals surface area (Å²) in [5, 5.41) is 11.4. The van der Waals surface area contributed by atoms with Gasteiger partial charge in [0.1, 0.15) is 10.7 Å². The SMILES string of the molecule is O=C1N=c2ccccc2=C1c1sc(=O)n(-c2ccc(F)c(Cl)c2)c1O. The second kappa shape index (κ2) is 5.65. The molecule has 0 unspecified atom stereocenters. The number of halogens is 2. The van der Waals surface area contributed by atoms with E-state index >= 15 is 0 Å². The van der Waals surface area contributed by atoms with E-state index in [1.54, 1.807) is 24.3 Å². The van der Waals surface area contributed by atoms with Crippen molar-refractivity contribution in [2.24, 2.45) is 4.99 Å². The molecule has 1 amide bonds. The van der Waals surface area contributed by atoms with E-state index in [9.17, 15) is 19.1 Å². The Morgan fingerprint density at radius 3 is 2.68 bits per heavy atom. The largest absolute Gasteiger partial charge is 0.493 e. The Morgan fingerprint density at radius 2 is 1.92 bits per heavy atom. The number of hydrogen-bond donors (Lipinski definition) is 1. The lowest BCUT2D eigenvalue weighted by Crippen LogP contribution is -2.22. The molecule has 0 spiro atoms. The molecule has 1 aliphatic rings. The first kappa shape index (κ1) is 15.7. The normalized spacial score (nSPS) is 13.0. The molecule has 1 aromatic heterocycles. The molecule has 0 bridgehead atoms. The highest BCUT2D eigenvalue weighted by atomic mass is 35.5. The maximum atomic E-state index is 13.3. The van der Waals surface area contributed by atoms with Gasteiger partial charge in [0.2, 0.25) is 5.88 Å². The number of aromatic hydroxyl groups is 1. The van der Waals surface area contributed by atoms with Gasteiger partial charge in [-0.1, -0.05) is 41.1 Å². The van der Waals surface area contributed by atoms with Crippen molar-refractivity contribution < 1.29 is 14.3 Å². The molecule has 0 saturated heterocycles. The average molecular weight is 375 g/mol. The Bertz CT molecular complexity index is 1230. The number of thiazole rings is 1. The lowest BCUT2D eigenvalue weighted by molar-refractivity contribution is -0.112. The van der Waals surface area contributed by atoms with Crippen LogP contribution in [0.4, 0.5) is 4.39 Å². The number of carbonyl (C=O) groups excluding carboxylic acids is 1. The van der Waals surface area contributed by atoms with Gasteiger partial charge in [-0.3, -0.25) is 9.59 Å². The molecule has 2 aromatic carbocycles. The van der Waals surface area contributed by atoms with Crippen molar-refractivity contribution in [2.75, 3.05) is 0 Å². The highest BCUT2D eigenvalue weighted by Gasteiger charge is 2.26. The Hall–Kier alpha value is -2.77. The van der Waals surface area contributed by atoms with Crippen LogP contribution < -0.4 is 15.4 Å². The summed E-state index contributed by atoms with van der Waals surface area (Å²) in [6, 6.07) is 10.5. The van der Waals surface area contributed by atoms with Crippen molar-refractivity contribution in [3.8, 4) is 11.6 Å². The molecule has 0 saturated carbocycles. The van der Waals surface area contributed by atoms with E-state index in [1.807, 2.05) is 0 Å². The zero-order chi connectivity index (χ0) is 17.7. The fourth-order valence-corrected chi connectivity index (χ4v) is 3.78. The van der Waals surface area contributed by atoms with Crippen LogP contribution in [-0.4, -0.2) is 15.6 Å². The summed E-state index contributed by atoms with van der Waals surface area (Å²) in [4.78, 5) is 28.1. The molecule has 0 radical (unpaired) electrons. The summed E-state index contributed by atoms with van der Waals surface area (Å²) in [5.74, 6) is -1.57. The first-order valence-corrected chi connectivity index (χ1v) is 8.30. The number of hydrogen-bond acceptors (Lipinski definition) is 4. The Morgan fingerprint density at radius 1 is 1.16 bits per heavy atom. The molecule has 1 aliphatic heterocycles. The van der Waals surface area contributed by atoms with Crippen LogP contribution in [0.3, 0.4) is 0 Å². The first-order chi connectivity index (χ1) is 12.0. The number of aromatic nitrogens is 1. The van der Waals surface area contributed by atoms with E-state index in [0.717, 1.165) is 10.6 Å². The van der Waals surface area contributed by atoms with Crippen LogP contribution in [0.15, 0.2) is 52.3 Å². The molecular formula is C17H8ClFN2O3S.